The van der Waals surface area contributed by atoms with Crippen molar-refractivity contribution in [2.75, 3.05) is 18.5 Å². The quantitative estimate of drug-likeness (QED) is 0.606. The molecule has 0 aliphatic rings. The van der Waals surface area contributed by atoms with E-state index in [0.29, 0.717) is 28.4 Å². The zero-order chi connectivity index (χ0) is 19.1. The molecule has 0 aliphatic carbocycles. The number of carbonyl (C=O) groups excluding carboxylic acids is 2. The summed E-state index contributed by atoms with van der Waals surface area (Å²) >= 11 is 1.36. The van der Waals surface area contributed by atoms with Gasteiger partial charge in [-0.1, -0.05) is 6.07 Å². The Labute approximate surface area is 159 Å². The molecular weight excluding hydrogens is 367 g/mol. The molecule has 138 valence electrons. The van der Waals surface area contributed by atoms with Gasteiger partial charge in [-0.05, 0) is 60.0 Å². The Hall–Kier alpha value is -3.19. The van der Waals surface area contributed by atoms with Crippen LogP contribution in [0, 0.1) is 5.82 Å². The van der Waals surface area contributed by atoms with Gasteiger partial charge in [-0.25, -0.2) is 4.39 Å². The number of benzene rings is 2. The van der Waals surface area contributed by atoms with Crippen LogP contribution in [0.2, 0.25) is 0 Å². The lowest BCUT2D eigenvalue weighted by atomic mass is 10.2. The predicted octanol–water partition coefficient (Wildman–Crippen LogP) is 3.95. The van der Waals surface area contributed by atoms with Crippen molar-refractivity contribution in [3.63, 3.8) is 0 Å². The van der Waals surface area contributed by atoms with Gasteiger partial charge in [-0.15, -0.1) is 11.3 Å². The summed E-state index contributed by atoms with van der Waals surface area (Å²) in [6.45, 7) is 0.583. The Bertz CT molecular complexity index is 894. The topological polar surface area (TPSA) is 67.4 Å². The molecule has 0 aliphatic heterocycles. The van der Waals surface area contributed by atoms with Crippen molar-refractivity contribution in [2.24, 2.45) is 0 Å². The Morgan fingerprint density at radius 2 is 1.70 bits per heavy atom. The van der Waals surface area contributed by atoms with Gasteiger partial charge in [-0.3, -0.25) is 9.59 Å². The number of thiophene rings is 1. The molecule has 2 N–H and O–H groups in total. The number of anilines is 1. The molecule has 2 aromatic carbocycles. The number of rotatable bonds is 7. The third-order valence-electron chi connectivity index (χ3n) is 3.62. The molecule has 3 rings (SSSR count). The summed E-state index contributed by atoms with van der Waals surface area (Å²) in [4.78, 5) is 24.7. The van der Waals surface area contributed by atoms with Crippen LogP contribution in [-0.4, -0.2) is 25.0 Å². The summed E-state index contributed by atoms with van der Waals surface area (Å²) < 4.78 is 18.2. The highest BCUT2D eigenvalue weighted by atomic mass is 32.1. The zero-order valence-corrected chi connectivity index (χ0v) is 15.1. The van der Waals surface area contributed by atoms with Crippen molar-refractivity contribution < 1.29 is 18.7 Å². The summed E-state index contributed by atoms with van der Waals surface area (Å²) in [6, 6.07) is 15.9. The maximum Gasteiger partial charge on any atom is 0.265 e. The Morgan fingerprint density at radius 3 is 2.37 bits per heavy atom. The van der Waals surface area contributed by atoms with Gasteiger partial charge in [0, 0.05) is 11.3 Å². The first-order chi connectivity index (χ1) is 13.1. The normalized spacial score (nSPS) is 10.3. The molecule has 0 bridgehead atoms. The van der Waals surface area contributed by atoms with Crippen molar-refractivity contribution in [3.05, 3.63) is 82.3 Å². The summed E-state index contributed by atoms with van der Waals surface area (Å²) in [7, 11) is 0. The van der Waals surface area contributed by atoms with Crippen LogP contribution in [0.5, 0.6) is 5.75 Å². The van der Waals surface area contributed by atoms with Gasteiger partial charge >= 0.3 is 0 Å². The van der Waals surface area contributed by atoms with E-state index in [1.807, 2.05) is 11.4 Å². The molecule has 0 radical (unpaired) electrons. The third kappa shape index (κ3) is 5.39. The van der Waals surface area contributed by atoms with E-state index in [4.69, 9.17) is 4.74 Å². The molecule has 5 nitrogen and oxygen atoms in total. The fourth-order valence-electron chi connectivity index (χ4n) is 2.27. The van der Waals surface area contributed by atoms with E-state index in [9.17, 15) is 14.0 Å². The number of hydrogen-bond acceptors (Lipinski definition) is 4. The first-order valence-electron chi connectivity index (χ1n) is 8.23. The molecule has 0 unspecified atom stereocenters. The zero-order valence-electron chi connectivity index (χ0n) is 14.3. The van der Waals surface area contributed by atoms with Crippen LogP contribution in [0.4, 0.5) is 10.1 Å². The van der Waals surface area contributed by atoms with Crippen LogP contribution >= 0.6 is 11.3 Å². The maximum atomic E-state index is 12.8. The minimum Gasteiger partial charge on any atom is -0.492 e. The molecular formula is C20H17FN2O3S. The van der Waals surface area contributed by atoms with Crippen molar-refractivity contribution in [1.82, 2.24) is 5.32 Å². The number of amides is 2. The second-order valence-electron chi connectivity index (χ2n) is 5.57. The second-order valence-corrected chi connectivity index (χ2v) is 6.51. The first kappa shape index (κ1) is 18.6. The van der Waals surface area contributed by atoms with Gasteiger partial charge in [0.1, 0.15) is 18.2 Å². The van der Waals surface area contributed by atoms with Crippen LogP contribution in [0.25, 0.3) is 0 Å². The number of halogens is 1. The standard InChI is InChI=1S/C20H17FN2O3S/c21-15-5-9-17(10-6-15)26-12-11-22-19(24)14-3-7-16(8-4-14)23-20(25)18-2-1-13-27-18/h1-10,13H,11-12H2,(H,22,24)(H,23,25). The fraction of sp³-hybridized carbons (Fsp3) is 0.100. The van der Waals surface area contributed by atoms with Crippen LogP contribution in [0.3, 0.4) is 0 Å². The minimum absolute atomic E-state index is 0.180. The van der Waals surface area contributed by atoms with Crippen LogP contribution in [0.15, 0.2) is 66.0 Å². The van der Waals surface area contributed by atoms with Gasteiger partial charge in [-0.2, -0.15) is 0 Å². The summed E-state index contributed by atoms with van der Waals surface area (Å²) in [5, 5.41) is 7.35. The molecule has 2 amide bonds. The van der Waals surface area contributed by atoms with Gasteiger partial charge in [0.05, 0.1) is 11.4 Å². The van der Waals surface area contributed by atoms with Crippen molar-refractivity contribution in [1.29, 1.82) is 0 Å². The third-order valence-corrected chi connectivity index (χ3v) is 4.49. The van der Waals surface area contributed by atoms with E-state index >= 15 is 0 Å². The smallest absolute Gasteiger partial charge is 0.265 e. The average Bonchev–Trinajstić information content (AvgIpc) is 3.22. The van der Waals surface area contributed by atoms with Gasteiger partial charge in [0.2, 0.25) is 0 Å². The van der Waals surface area contributed by atoms with E-state index in [1.54, 1.807) is 30.3 Å². The maximum absolute atomic E-state index is 12.8. The Kier molecular flexibility index (Phi) is 6.17. The van der Waals surface area contributed by atoms with E-state index < -0.39 is 0 Å². The number of ether oxygens (including phenoxy) is 1. The molecule has 1 aromatic heterocycles. The van der Waals surface area contributed by atoms with Gasteiger partial charge < -0.3 is 15.4 Å². The van der Waals surface area contributed by atoms with Gasteiger partial charge in [0.25, 0.3) is 11.8 Å². The fourth-order valence-corrected chi connectivity index (χ4v) is 2.89. The Morgan fingerprint density at radius 1 is 0.963 bits per heavy atom. The SMILES string of the molecule is O=C(NCCOc1ccc(F)cc1)c1ccc(NC(=O)c2cccs2)cc1. The van der Waals surface area contributed by atoms with E-state index in [0.717, 1.165) is 0 Å². The molecule has 0 fully saturated rings. The molecule has 1 heterocycles. The molecule has 3 aromatic rings. The largest absolute Gasteiger partial charge is 0.492 e. The second kappa shape index (κ2) is 8.95. The number of nitrogens with one attached hydrogen (secondary N) is 2. The lowest BCUT2D eigenvalue weighted by Crippen LogP contribution is -2.28. The minimum atomic E-state index is -0.328. The molecule has 0 spiro atoms. The monoisotopic (exact) mass is 384 g/mol. The van der Waals surface area contributed by atoms with Gasteiger partial charge in [0.15, 0.2) is 0 Å². The van der Waals surface area contributed by atoms with E-state index in [2.05, 4.69) is 10.6 Å². The van der Waals surface area contributed by atoms with Crippen LogP contribution in [0.1, 0.15) is 20.0 Å². The number of hydrogen-bond donors (Lipinski definition) is 2. The van der Waals surface area contributed by atoms with Crippen molar-refractivity contribution in [3.8, 4) is 5.75 Å². The summed E-state index contributed by atoms with van der Waals surface area (Å²) in [6.07, 6.45) is 0. The predicted molar refractivity (Wildman–Crippen MR) is 103 cm³/mol. The summed E-state index contributed by atoms with van der Waals surface area (Å²) in [5.41, 5.74) is 1.09. The molecule has 0 saturated carbocycles. The lowest BCUT2D eigenvalue weighted by molar-refractivity contribution is 0.0946. The summed E-state index contributed by atoms with van der Waals surface area (Å²) in [5.74, 6) is -0.212. The van der Waals surface area contributed by atoms with E-state index in [-0.39, 0.29) is 24.2 Å². The average molecular weight is 384 g/mol. The molecule has 0 atom stereocenters. The van der Waals surface area contributed by atoms with Crippen LogP contribution < -0.4 is 15.4 Å². The molecule has 27 heavy (non-hydrogen) atoms. The Balaban J connectivity index is 1.44. The highest BCUT2D eigenvalue weighted by Crippen LogP contribution is 2.14. The first-order valence-corrected chi connectivity index (χ1v) is 9.11. The highest BCUT2D eigenvalue weighted by molar-refractivity contribution is 7.12. The molecule has 0 saturated heterocycles. The van der Waals surface area contributed by atoms with Crippen molar-refractivity contribution in [2.45, 2.75) is 0 Å². The lowest BCUT2D eigenvalue weighted by Gasteiger charge is -2.08. The highest BCUT2D eigenvalue weighted by Gasteiger charge is 2.08. The van der Waals surface area contributed by atoms with E-state index in [1.165, 1.54) is 35.6 Å². The molecule has 7 heteroatoms. The van der Waals surface area contributed by atoms with Crippen molar-refractivity contribution >= 4 is 28.8 Å². The number of carbonyl (C=O) groups is 2. The van der Waals surface area contributed by atoms with Crippen LogP contribution in [-0.2, 0) is 0 Å².